The molecule has 1 aliphatic heterocycles. The van der Waals surface area contributed by atoms with Gasteiger partial charge in [0.1, 0.15) is 5.75 Å². The zero-order chi connectivity index (χ0) is 13.9. The number of carbonyl (C=O) groups excluding carboxylic acids is 1. The molecule has 2 aromatic rings. The monoisotopic (exact) mass is 331 g/mol. The van der Waals surface area contributed by atoms with Gasteiger partial charge in [-0.2, -0.15) is 0 Å². The summed E-state index contributed by atoms with van der Waals surface area (Å²) in [5.74, 6) is 0.866. The number of rotatable bonds is 2. The molecule has 0 spiro atoms. The number of hydrogen-bond donors (Lipinski definition) is 0. The van der Waals surface area contributed by atoms with Gasteiger partial charge in [-0.25, -0.2) is 0 Å². The molecule has 102 valence electrons. The lowest BCUT2D eigenvalue weighted by Gasteiger charge is -2.25. The third-order valence-electron chi connectivity index (χ3n) is 3.35. The van der Waals surface area contributed by atoms with Crippen molar-refractivity contribution in [2.75, 3.05) is 18.1 Å². The van der Waals surface area contributed by atoms with Crippen molar-refractivity contribution in [2.45, 2.75) is 6.42 Å². The quantitative estimate of drug-likeness (QED) is 0.773. The molecule has 0 radical (unpaired) electrons. The van der Waals surface area contributed by atoms with Gasteiger partial charge in [-0.15, -0.1) is 0 Å². The molecule has 0 fully saturated rings. The van der Waals surface area contributed by atoms with Gasteiger partial charge in [0.05, 0.1) is 18.0 Å². The van der Waals surface area contributed by atoms with Gasteiger partial charge in [-0.05, 0) is 36.8 Å². The summed E-state index contributed by atoms with van der Waals surface area (Å²) in [6.45, 7) is 1.53. The molecule has 0 atom stereocenters. The van der Waals surface area contributed by atoms with E-state index in [2.05, 4.69) is 20.8 Å². The first-order valence-corrected chi connectivity index (χ1v) is 7.33. The van der Waals surface area contributed by atoms with Crippen LogP contribution in [0.3, 0.4) is 0 Å². The molecule has 0 amide bonds. The van der Waals surface area contributed by atoms with Gasteiger partial charge in [0.15, 0.2) is 6.29 Å². The smallest absolute Gasteiger partial charge is 0.152 e. The van der Waals surface area contributed by atoms with E-state index in [0.29, 0.717) is 12.2 Å². The van der Waals surface area contributed by atoms with Crippen molar-refractivity contribution in [3.63, 3.8) is 0 Å². The zero-order valence-electron chi connectivity index (χ0n) is 10.9. The number of carbonyl (C=O) groups is 1. The number of benzene rings is 2. The third kappa shape index (κ3) is 2.43. The van der Waals surface area contributed by atoms with E-state index < -0.39 is 0 Å². The van der Waals surface area contributed by atoms with E-state index in [9.17, 15) is 4.79 Å². The molecule has 0 unspecified atom stereocenters. The first-order chi connectivity index (χ1) is 9.79. The third-order valence-corrected chi connectivity index (χ3v) is 3.84. The van der Waals surface area contributed by atoms with Crippen LogP contribution >= 0.6 is 15.9 Å². The number of fused-ring (bicyclic) bond motifs is 1. The Morgan fingerprint density at radius 2 is 2.00 bits per heavy atom. The van der Waals surface area contributed by atoms with Crippen molar-refractivity contribution in [3.05, 3.63) is 52.5 Å². The van der Waals surface area contributed by atoms with Crippen molar-refractivity contribution in [1.29, 1.82) is 0 Å². The van der Waals surface area contributed by atoms with Crippen LogP contribution in [0.4, 0.5) is 11.4 Å². The largest absolute Gasteiger partial charge is 0.491 e. The minimum absolute atomic E-state index is 0.677. The molecule has 4 heteroatoms. The Balaban J connectivity index is 2.12. The average molecular weight is 332 g/mol. The number of aldehydes is 1. The van der Waals surface area contributed by atoms with Crippen LogP contribution in [0.25, 0.3) is 0 Å². The van der Waals surface area contributed by atoms with E-state index >= 15 is 0 Å². The molecule has 0 aromatic heterocycles. The van der Waals surface area contributed by atoms with Crippen LogP contribution in [0.2, 0.25) is 0 Å². The fourth-order valence-electron chi connectivity index (χ4n) is 2.44. The molecule has 0 N–H and O–H groups in total. The predicted octanol–water partition coefficient (Wildman–Crippen LogP) is 4.18. The van der Waals surface area contributed by atoms with Gasteiger partial charge < -0.3 is 9.64 Å². The van der Waals surface area contributed by atoms with Gasteiger partial charge in [-0.1, -0.05) is 28.1 Å². The van der Waals surface area contributed by atoms with E-state index in [1.54, 1.807) is 0 Å². The van der Waals surface area contributed by atoms with Crippen molar-refractivity contribution >= 4 is 33.6 Å². The lowest BCUT2D eigenvalue weighted by molar-refractivity contribution is 0.112. The summed E-state index contributed by atoms with van der Waals surface area (Å²) in [4.78, 5) is 13.5. The van der Waals surface area contributed by atoms with Crippen LogP contribution in [0.1, 0.15) is 16.8 Å². The molecule has 0 bridgehead atoms. The van der Waals surface area contributed by atoms with Crippen LogP contribution in [-0.2, 0) is 0 Å². The highest BCUT2D eigenvalue weighted by Gasteiger charge is 2.19. The maximum Gasteiger partial charge on any atom is 0.152 e. The van der Waals surface area contributed by atoms with Crippen molar-refractivity contribution in [2.24, 2.45) is 0 Å². The Morgan fingerprint density at radius 3 is 2.85 bits per heavy atom. The van der Waals surface area contributed by atoms with E-state index in [1.165, 1.54) is 0 Å². The minimum Gasteiger partial charge on any atom is -0.491 e. The van der Waals surface area contributed by atoms with Crippen molar-refractivity contribution in [3.8, 4) is 5.75 Å². The first kappa shape index (κ1) is 13.2. The summed E-state index contributed by atoms with van der Waals surface area (Å²) >= 11 is 3.41. The fourth-order valence-corrected chi connectivity index (χ4v) is 2.82. The van der Waals surface area contributed by atoms with Crippen LogP contribution in [0, 0.1) is 0 Å². The van der Waals surface area contributed by atoms with E-state index in [0.717, 1.165) is 40.8 Å². The van der Waals surface area contributed by atoms with Crippen LogP contribution in [-0.4, -0.2) is 19.4 Å². The molecule has 3 rings (SSSR count). The van der Waals surface area contributed by atoms with E-state index in [-0.39, 0.29) is 0 Å². The van der Waals surface area contributed by atoms with Crippen LogP contribution in [0.5, 0.6) is 5.75 Å². The topological polar surface area (TPSA) is 29.5 Å². The Labute approximate surface area is 126 Å². The maximum absolute atomic E-state index is 11.3. The summed E-state index contributed by atoms with van der Waals surface area (Å²) in [7, 11) is 0. The van der Waals surface area contributed by atoms with E-state index in [1.807, 2.05) is 42.5 Å². The van der Waals surface area contributed by atoms with Crippen molar-refractivity contribution in [1.82, 2.24) is 0 Å². The van der Waals surface area contributed by atoms with E-state index in [4.69, 9.17) is 4.74 Å². The zero-order valence-corrected chi connectivity index (χ0v) is 12.5. The summed E-state index contributed by atoms with van der Waals surface area (Å²) < 4.78 is 6.66. The lowest BCUT2D eigenvalue weighted by Crippen LogP contribution is -2.19. The highest BCUT2D eigenvalue weighted by Crippen LogP contribution is 2.37. The second kappa shape index (κ2) is 5.67. The molecular weight excluding hydrogens is 318 g/mol. The molecule has 3 nitrogen and oxygen atoms in total. The molecule has 0 saturated heterocycles. The number of nitrogens with zero attached hydrogens (tertiary/aromatic N) is 1. The SMILES string of the molecule is O=Cc1cc(Br)ccc1N1CCCOc2ccccc21. The number of para-hydroxylation sites is 2. The molecule has 2 aromatic carbocycles. The van der Waals surface area contributed by atoms with Gasteiger partial charge in [0, 0.05) is 16.6 Å². The summed E-state index contributed by atoms with van der Waals surface area (Å²) in [5.41, 5.74) is 2.60. The average Bonchev–Trinajstić information content (AvgIpc) is 2.69. The summed E-state index contributed by atoms with van der Waals surface area (Å²) in [6.07, 6.45) is 1.82. The Hall–Kier alpha value is -1.81. The molecule has 0 saturated carbocycles. The normalized spacial score (nSPS) is 14.2. The molecule has 20 heavy (non-hydrogen) atoms. The van der Waals surface area contributed by atoms with Crippen LogP contribution in [0.15, 0.2) is 46.9 Å². The van der Waals surface area contributed by atoms with Gasteiger partial charge in [0.25, 0.3) is 0 Å². The Morgan fingerprint density at radius 1 is 1.15 bits per heavy atom. The molecule has 1 aliphatic rings. The predicted molar refractivity (Wildman–Crippen MR) is 83.1 cm³/mol. The molecular formula is C16H14BrNO2. The van der Waals surface area contributed by atoms with Gasteiger partial charge in [-0.3, -0.25) is 4.79 Å². The summed E-state index contributed by atoms with van der Waals surface area (Å²) in [6, 6.07) is 13.7. The highest BCUT2D eigenvalue weighted by molar-refractivity contribution is 9.10. The lowest BCUT2D eigenvalue weighted by atomic mass is 10.1. The van der Waals surface area contributed by atoms with Gasteiger partial charge >= 0.3 is 0 Å². The van der Waals surface area contributed by atoms with Crippen LogP contribution < -0.4 is 9.64 Å². The molecule has 0 aliphatic carbocycles. The second-order valence-electron chi connectivity index (χ2n) is 4.64. The summed E-state index contributed by atoms with van der Waals surface area (Å²) in [5, 5.41) is 0. The number of halogens is 1. The Kier molecular flexibility index (Phi) is 3.74. The number of hydrogen-bond acceptors (Lipinski definition) is 3. The standard InChI is InChI=1S/C16H14BrNO2/c17-13-6-7-14(12(10-13)11-19)18-8-3-9-20-16-5-2-1-4-15(16)18/h1-2,4-7,10-11H,3,8-9H2. The Bertz CT molecular complexity index is 642. The van der Waals surface area contributed by atoms with Crippen molar-refractivity contribution < 1.29 is 9.53 Å². The minimum atomic E-state index is 0.677. The highest BCUT2D eigenvalue weighted by atomic mass is 79.9. The molecule has 1 heterocycles. The van der Waals surface area contributed by atoms with Gasteiger partial charge in [0.2, 0.25) is 0 Å². The maximum atomic E-state index is 11.3. The fraction of sp³-hybridized carbons (Fsp3) is 0.188. The second-order valence-corrected chi connectivity index (χ2v) is 5.56. The number of ether oxygens (including phenoxy) is 1. The number of anilines is 2. The first-order valence-electron chi connectivity index (χ1n) is 6.53.